The molecule has 0 unspecified atom stereocenters. The van der Waals surface area contributed by atoms with Crippen molar-refractivity contribution in [1.29, 1.82) is 0 Å². The molecule has 2 rings (SSSR count). The van der Waals surface area contributed by atoms with E-state index >= 15 is 0 Å². The summed E-state index contributed by atoms with van der Waals surface area (Å²) in [6.07, 6.45) is 0.719. The lowest BCUT2D eigenvalue weighted by Crippen LogP contribution is -2.38. The fourth-order valence-electron chi connectivity index (χ4n) is 2.42. The molecular weight excluding hydrogens is 274 g/mol. The number of fused-ring (bicyclic) bond motifs is 1. The average molecular weight is 295 g/mol. The van der Waals surface area contributed by atoms with E-state index in [1.165, 1.54) is 11.6 Å². The molecule has 2 aromatic rings. The van der Waals surface area contributed by atoms with Gasteiger partial charge in [-0.3, -0.25) is 13.9 Å². The molecule has 0 aliphatic rings. The summed E-state index contributed by atoms with van der Waals surface area (Å²) >= 11 is 0. The summed E-state index contributed by atoms with van der Waals surface area (Å²) in [6, 6.07) is 0. The van der Waals surface area contributed by atoms with E-state index in [1.807, 2.05) is 6.92 Å². The average Bonchev–Trinajstić information content (AvgIpc) is 2.82. The van der Waals surface area contributed by atoms with Crippen molar-refractivity contribution in [1.82, 2.24) is 18.7 Å². The van der Waals surface area contributed by atoms with Gasteiger partial charge in [0.2, 0.25) is 0 Å². The molecule has 8 nitrogen and oxygen atoms in total. The molecular formula is C13H21N5O3. The minimum atomic E-state index is -0.359. The Balaban J connectivity index is 2.84. The van der Waals surface area contributed by atoms with Crippen molar-refractivity contribution in [3.63, 3.8) is 0 Å². The highest BCUT2D eigenvalue weighted by Crippen LogP contribution is 2.13. The molecule has 0 spiro atoms. The van der Waals surface area contributed by atoms with Gasteiger partial charge in [-0.2, -0.15) is 0 Å². The number of imidazole rings is 1. The normalized spacial score (nSPS) is 11.4. The Hall–Kier alpha value is -1.93. The molecule has 0 atom stereocenters. The summed E-state index contributed by atoms with van der Waals surface area (Å²) in [5.74, 6) is 0.630. The minimum Gasteiger partial charge on any atom is -0.377 e. The second-order valence-electron chi connectivity index (χ2n) is 4.82. The minimum absolute atomic E-state index is 0.278. The smallest absolute Gasteiger partial charge is 0.332 e. The molecule has 2 heterocycles. The second kappa shape index (κ2) is 6.23. The van der Waals surface area contributed by atoms with E-state index in [2.05, 4.69) is 4.98 Å². The van der Waals surface area contributed by atoms with E-state index in [0.717, 1.165) is 11.0 Å². The number of nitrogens with zero attached hydrogens (tertiary/aromatic N) is 4. The summed E-state index contributed by atoms with van der Waals surface area (Å²) in [4.78, 5) is 29.0. The Morgan fingerprint density at radius 3 is 2.57 bits per heavy atom. The summed E-state index contributed by atoms with van der Waals surface area (Å²) in [5.41, 5.74) is 5.70. The van der Waals surface area contributed by atoms with E-state index in [4.69, 9.17) is 10.5 Å². The lowest BCUT2D eigenvalue weighted by molar-refractivity contribution is 0.174. The highest BCUT2D eigenvalue weighted by Gasteiger charge is 2.19. The largest absolute Gasteiger partial charge is 0.377 e. The second-order valence-corrected chi connectivity index (χ2v) is 4.82. The van der Waals surface area contributed by atoms with Crippen molar-refractivity contribution < 1.29 is 4.74 Å². The Morgan fingerprint density at radius 2 is 2.00 bits per heavy atom. The first-order chi connectivity index (χ1) is 10.1. The molecule has 116 valence electrons. The van der Waals surface area contributed by atoms with Crippen LogP contribution in [0.1, 0.15) is 19.2 Å². The van der Waals surface area contributed by atoms with Gasteiger partial charge in [-0.15, -0.1) is 0 Å². The van der Waals surface area contributed by atoms with Crippen LogP contribution < -0.4 is 17.0 Å². The Labute approximate surface area is 121 Å². The van der Waals surface area contributed by atoms with Crippen LogP contribution >= 0.6 is 0 Å². The van der Waals surface area contributed by atoms with Crippen molar-refractivity contribution in [2.45, 2.75) is 33.0 Å². The van der Waals surface area contributed by atoms with Gasteiger partial charge in [0.25, 0.3) is 5.56 Å². The third kappa shape index (κ3) is 2.52. The number of aryl methyl sites for hydroxylation is 2. The van der Waals surface area contributed by atoms with Gasteiger partial charge in [-0.1, -0.05) is 0 Å². The maximum atomic E-state index is 12.4. The van der Waals surface area contributed by atoms with Crippen LogP contribution in [0, 0.1) is 0 Å². The van der Waals surface area contributed by atoms with Gasteiger partial charge < -0.3 is 15.0 Å². The van der Waals surface area contributed by atoms with Crippen LogP contribution in [-0.4, -0.2) is 32.3 Å². The molecule has 0 saturated heterocycles. The number of aromatic nitrogens is 4. The highest BCUT2D eigenvalue weighted by molar-refractivity contribution is 5.71. The molecule has 0 saturated carbocycles. The van der Waals surface area contributed by atoms with E-state index in [9.17, 15) is 9.59 Å². The van der Waals surface area contributed by atoms with Crippen molar-refractivity contribution in [2.24, 2.45) is 12.8 Å². The van der Waals surface area contributed by atoms with Crippen LogP contribution in [-0.2, 0) is 31.5 Å². The number of hydrogen-bond acceptors (Lipinski definition) is 5. The fraction of sp³-hybridized carbons (Fsp3) is 0.615. The van der Waals surface area contributed by atoms with Crippen LogP contribution in [0.3, 0.4) is 0 Å². The number of ether oxygens (including phenoxy) is 1. The van der Waals surface area contributed by atoms with Gasteiger partial charge in [0.1, 0.15) is 12.4 Å². The molecule has 21 heavy (non-hydrogen) atoms. The van der Waals surface area contributed by atoms with Crippen molar-refractivity contribution in [3.05, 3.63) is 26.7 Å². The number of nitrogens with two attached hydrogens (primary N) is 1. The van der Waals surface area contributed by atoms with Crippen molar-refractivity contribution >= 4 is 11.2 Å². The molecule has 0 fully saturated rings. The summed E-state index contributed by atoms with van der Waals surface area (Å²) in [7, 11) is 3.05. The van der Waals surface area contributed by atoms with Crippen LogP contribution in [0.2, 0.25) is 0 Å². The Bertz CT molecular complexity index is 756. The van der Waals surface area contributed by atoms with Crippen LogP contribution in [0.4, 0.5) is 0 Å². The van der Waals surface area contributed by atoms with Gasteiger partial charge >= 0.3 is 5.69 Å². The monoisotopic (exact) mass is 295 g/mol. The lowest BCUT2D eigenvalue weighted by Gasteiger charge is -2.09. The molecule has 0 amide bonds. The van der Waals surface area contributed by atoms with Gasteiger partial charge in [-0.25, -0.2) is 9.78 Å². The van der Waals surface area contributed by atoms with Gasteiger partial charge in [0.05, 0.1) is 0 Å². The molecule has 2 N–H and O–H groups in total. The van der Waals surface area contributed by atoms with E-state index in [-0.39, 0.29) is 17.9 Å². The summed E-state index contributed by atoms with van der Waals surface area (Å²) < 4.78 is 9.56. The third-order valence-corrected chi connectivity index (χ3v) is 3.48. The van der Waals surface area contributed by atoms with Crippen molar-refractivity contribution in [2.75, 3.05) is 13.7 Å². The zero-order chi connectivity index (χ0) is 15.6. The third-order valence-electron chi connectivity index (χ3n) is 3.48. The molecule has 0 radical (unpaired) electrons. The standard InChI is InChI=1S/C13H21N5O3/c1-4-17-11-10(12(19)16(2)13(17)20)18(7-5-6-14)9(15-11)8-21-3/h4-8,14H2,1-3H3. The van der Waals surface area contributed by atoms with Crippen molar-refractivity contribution in [3.8, 4) is 0 Å². The van der Waals surface area contributed by atoms with E-state index < -0.39 is 0 Å². The first kappa shape index (κ1) is 15.5. The van der Waals surface area contributed by atoms with Gasteiger partial charge in [0, 0.05) is 27.2 Å². The first-order valence-corrected chi connectivity index (χ1v) is 6.94. The van der Waals surface area contributed by atoms with Gasteiger partial charge in [-0.05, 0) is 19.9 Å². The summed E-state index contributed by atoms with van der Waals surface area (Å²) in [6.45, 7) is 3.66. The quantitative estimate of drug-likeness (QED) is 0.768. The zero-order valence-electron chi connectivity index (χ0n) is 12.6. The Morgan fingerprint density at radius 1 is 1.29 bits per heavy atom. The number of rotatable bonds is 6. The fourth-order valence-corrected chi connectivity index (χ4v) is 2.42. The van der Waals surface area contributed by atoms with Gasteiger partial charge in [0.15, 0.2) is 11.2 Å². The Kier molecular flexibility index (Phi) is 4.59. The number of methoxy groups -OCH3 is 1. The topological polar surface area (TPSA) is 97.1 Å². The zero-order valence-corrected chi connectivity index (χ0v) is 12.6. The maximum Gasteiger partial charge on any atom is 0.332 e. The molecule has 2 aromatic heterocycles. The first-order valence-electron chi connectivity index (χ1n) is 6.94. The van der Waals surface area contributed by atoms with E-state index in [1.54, 1.807) is 11.7 Å². The maximum absolute atomic E-state index is 12.4. The SMILES string of the molecule is CCn1c(=O)n(C)c(=O)c2c1nc(COC)n2CCCN. The van der Waals surface area contributed by atoms with Crippen LogP contribution in [0.15, 0.2) is 9.59 Å². The predicted octanol–water partition coefficient (Wildman–Crippen LogP) is -0.588. The lowest BCUT2D eigenvalue weighted by atomic mass is 10.4. The molecule has 8 heteroatoms. The van der Waals surface area contributed by atoms with Crippen LogP contribution in [0.25, 0.3) is 11.2 Å². The molecule has 0 aromatic carbocycles. The molecule has 0 aliphatic heterocycles. The molecule has 0 bridgehead atoms. The predicted molar refractivity (Wildman–Crippen MR) is 79.3 cm³/mol. The van der Waals surface area contributed by atoms with E-state index in [0.29, 0.717) is 36.6 Å². The number of hydrogen-bond donors (Lipinski definition) is 1. The highest BCUT2D eigenvalue weighted by atomic mass is 16.5. The molecule has 0 aliphatic carbocycles. The summed E-state index contributed by atoms with van der Waals surface area (Å²) in [5, 5.41) is 0. The van der Waals surface area contributed by atoms with Crippen LogP contribution in [0.5, 0.6) is 0 Å².